The summed E-state index contributed by atoms with van der Waals surface area (Å²) >= 11 is 9.54. The molecular formula is C14H17BrClN3O. The summed E-state index contributed by atoms with van der Waals surface area (Å²) in [4.78, 5) is 0. The van der Waals surface area contributed by atoms with Crippen molar-refractivity contribution in [1.29, 1.82) is 0 Å². The number of rotatable bonds is 5. The highest BCUT2D eigenvalue weighted by Crippen LogP contribution is 2.32. The van der Waals surface area contributed by atoms with Crippen molar-refractivity contribution >= 4 is 27.5 Å². The van der Waals surface area contributed by atoms with Crippen molar-refractivity contribution in [2.24, 2.45) is 7.05 Å². The van der Waals surface area contributed by atoms with Crippen molar-refractivity contribution in [1.82, 2.24) is 15.1 Å². The third kappa shape index (κ3) is 3.00. The van der Waals surface area contributed by atoms with Crippen LogP contribution in [0.4, 0.5) is 0 Å². The predicted molar refractivity (Wildman–Crippen MR) is 84.4 cm³/mol. The smallest absolute Gasteiger partial charge is 0.161 e. The lowest BCUT2D eigenvalue weighted by Crippen LogP contribution is -2.24. The van der Waals surface area contributed by atoms with Crippen LogP contribution in [0.1, 0.15) is 24.2 Å². The van der Waals surface area contributed by atoms with Gasteiger partial charge in [-0.25, -0.2) is 0 Å². The lowest BCUT2D eigenvalue weighted by molar-refractivity contribution is 0.401. The molecule has 0 saturated carbocycles. The van der Waals surface area contributed by atoms with Crippen molar-refractivity contribution in [3.63, 3.8) is 0 Å². The van der Waals surface area contributed by atoms with E-state index in [-0.39, 0.29) is 6.04 Å². The van der Waals surface area contributed by atoms with Crippen LogP contribution in [0.5, 0.6) is 5.75 Å². The van der Waals surface area contributed by atoms with E-state index in [4.69, 9.17) is 16.3 Å². The van der Waals surface area contributed by atoms with Gasteiger partial charge in [0, 0.05) is 11.5 Å². The van der Waals surface area contributed by atoms with Crippen molar-refractivity contribution in [2.75, 3.05) is 13.7 Å². The lowest BCUT2D eigenvalue weighted by Gasteiger charge is -2.20. The van der Waals surface area contributed by atoms with E-state index >= 15 is 0 Å². The van der Waals surface area contributed by atoms with E-state index in [0.717, 1.165) is 28.0 Å². The molecule has 2 rings (SSSR count). The minimum Gasteiger partial charge on any atom is -0.493 e. The third-order valence-corrected chi connectivity index (χ3v) is 4.34. The maximum atomic E-state index is 6.07. The zero-order valence-electron chi connectivity index (χ0n) is 11.7. The molecule has 1 atom stereocenters. The Morgan fingerprint density at radius 1 is 1.50 bits per heavy atom. The van der Waals surface area contributed by atoms with Crippen molar-refractivity contribution in [2.45, 2.75) is 13.0 Å². The van der Waals surface area contributed by atoms with Gasteiger partial charge in [0.1, 0.15) is 5.69 Å². The highest BCUT2D eigenvalue weighted by atomic mass is 79.9. The van der Waals surface area contributed by atoms with Crippen molar-refractivity contribution in [3.8, 4) is 5.75 Å². The molecule has 20 heavy (non-hydrogen) atoms. The molecule has 2 aromatic rings. The average Bonchev–Trinajstić information content (AvgIpc) is 2.80. The van der Waals surface area contributed by atoms with Crippen LogP contribution in [0.25, 0.3) is 0 Å². The Hall–Kier alpha value is -1.04. The molecule has 0 aliphatic rings. The van der Waals surface area contributed by atoms with Gasteiger partial charge in [-0.15, -0.1) is 0 Å². The topological polar surface area (TPSA) is 39.1 Å². The molecule has 0 amide bonds. The summed E-state index contributed by atoms with van der Waals surface area (Å²) in [5.41, 5.74) is 2.09. The van der Waals surface area contributed by atoms with Crippen LogP contribution in [0.3, 0.4) is 0 Å². The largest absolute Gasteiger partial charge is 0.493 e. The standard InChI is InChI=1S/C14H17BrClN3O/c1-4-17-13(9-5-6-11(16)10(15)7-9)14-12(20-3)8-18-19(14)2/h5-8,13,17H,4H2,1-3H3. The summed E-state index contributed by atoms with van der Waals surface area (Å²) < 4.78 is 8.11. The van der Waals surface area contributed by atoms with Gasteiger partial charge in [-0.05, 0) is 40.2 Å². The molecule has 0 spiro atoms. The van der Waals surface area contributed by atoms with E-state index in [0.29, 0.717) is 5.02 Å². The molecule has 1 aromatic heterocycles. The Morgan fingerprint density at radius 2 is 2.25 bits per heavy atom. The highest BCUT2D eigenvalue weighted by molar-refractivity contribution is 9.10. The van der Waals surface area contributed by atoms with Crippen LogP contribution in [0, 0.1) is 0 Å². The maximum Gasteiger partial charge on any atom is 0.161 e. The molecule has 0 bridgehead atoms. The number of nitrogens with one attached hydrogen (secondary N) is 1. The van der Waals surface area contributed by atoms with Gasteiger partial charge in [-0.3, -0.25) is 4.68 Å². The van der Waals surface area contributed by atoms with Crippen molar-refractivity contribution in [3.05, 3.63) is 45.1 Å². The predicted octanol–water partition coefficient (Wildman–Crippen LogP) is 3.54. The van der Waals surface area contributed by atoms with Gasteiger partial charge in [0.05, 0.1) is 24.4 Å². The average molecular weight is 359 g/mol. The van der Waals surface area contributed by atoms with Crippen LogP contribution < -0.4 is 10.1 Å². The summed E-state index contributed by atoms with van der Waals surface area (Å²) in [5.74, 6) is 0.768. The minimum atomic E-state index is -0.00369. The van der Waals surface area contributed by atoms with Crippen LogP contribution in [-0.2, 0) is 7.05 Å². The first kappa shape index (κ1) is 15.4. The number of hydrogen-bond donors (Lipinski definition) is 1. The first-order chi connectivity index (χ1) is 9.58. The minimum absolute atomic E-state index is 0.00369. The fraction of sp³-hybridized carbons (Fsp3) is 0.357. The second-order valence-corrected chi connectivity index (χ2v) is 5.65. The van der Waals surface area contributed by atoms with Gasteiger partial charge < -0.3 is 10.1 Å². The number of aryl methyl sites for hydroxylation is 1. The van der Waals surface area contributed by atoms with E-state index in [1.807, 2.05) is 29.9 Å². The molecule has 108 valence electrons. The number of aromatic nitrogens is 2. The van der Waals surface area contributed by atoms with Crippen LogP contribution in [0.15, 0.2) is 28.9 Å². The van der Waals surface area contributed by atoms with Gasteiger partial charge in [-0.2, -0.15) is 5.10 Å². The summed E-state index contributed by atoms with van der Waals surface area (Å²) in [5, 5.41) is 8.42. The molecule has 1 aromatic carbocycles. The molecule has 4 nitrogen and oxygen atoms in total. The second kappa shape index (κ2) is 6.61. The molecule has 1 unspecified atom stereocenters. The lowest BCUT2D eigenvalue weighted by atomic mass is 10.0. The van der Waals surface area contributed by atoms with Crippen LogP contribution >= 0.6 is 27.5 Å². The third-order valence-electron chi connectivity index (χ3n) is 3.13. The van der Waals surface area contributed by atoms with Gasteiger partial charge in [-0.1, -0.05) is 24.6 Å². The monoisotopic (exact) mass is 357 g/mol. The summed E-state index contributed by atoms with van der Waals surface area (Å²) in [7, 11) is 3.56. The second-order valence-electron chi connectivity index (χ2n) is 4.39. The normalized spacial score (nSPS) is 12.4. The van der Waals surface area contributed by atoms with E-state index in [9.17, 15) is 0 Å². The fourth-order valence-electron chi connectivity index (χ4n) is 2.18. The van der Waals surface area contributed by atoms with E-state index in [1.54, 1.807) is 13.3 Å². The number of ether oxygens (including phenoxy) is 1. The van der Waals surface area contributed by atoms with Crippen LogP contribution in [-0.4, -0.2) is 23.4 Å². The van der Waals surface area contributed by atoms with Gasteiger partial charge in [0.15, 0.2) is 5.75 Å². The van der Waals surface area contributed by atoms with Crippen molar-refractivity contribution < 1.29 is 4.74 Å². The quantitative estimate of drug-likeness (QED) is 0.888. The number of halogens is 2. The molecule has 0 fully saturated rings. The Balaban J connectivity index is 2.49. The summed E-state index contributed by atoms with van der Waals surface area (Å²) in [6.45, 7) is 2.90. The number of benzene rings is 1. The molecular weight excluding hydrogens is 342 g/mol. The molecule has 1 heterocycles. The first-order valence-corrected chi connectivity index (χ1v) is 7.49. The van der Waals surface area contributed by atoms with E-state index < -0.39 is 0 Å². The fourth-order valence-corrected chi connectivity index (χ4v) is 2.70. The van der Waals surface area contributed by atoms with Gasteiger partial charge >= 0.3 is 0 Å². The molecule has 0 radical (unpaired) electrons. The number of hydrogen-bond acceptors (Lipinski definition) is 3. The summed E-state index contributed by atoms with van der Waals surface area (Å²) in [6, 6.07) is 5.90. The molecule has 0 aliphatic heterocycles. The van der Waals surface area contributed by atoms with E-state index in [1.165, 1.54) is 0 Å². The van der Waals surface area contributed by atoms with Gasteiger partial charge in [0.25, 0.3) is 0 Å². The SMILES string of the molecule is CCNC(c1ccc(Cl)c(Br)c1)c1c(OC)cnn1C. The van der Waals surface area contributed by atoms with E-state index in [2.05, 4.69) is 33.3 Å². The number of nitrogens with zero attached hydrogens (tertiary/aromatic N) is 2. The highest BCUT2D eigenvalue weighted by Gasteiger charge is 2.22. The number of methoxy groups -OCH3 is 1. The molecule has 1 N–H and O–H groups in total. The maximum absolute atomic E-state index is 6.07. The zero-order valence-corrected chi connectivity index (χ0v) is 14.0. The Bertz CT molecular complexity index is 600. The summed E-state index contributed by atoms with van der Waals surface area (Å²) in [6.07, 6.45) is 1.73. The zero-order chi connectivity index (χ0) is 14.7. The molecule has 6 heteroatoms. The Labute approximate surface area is 132 Å². The van der Waals surface area contributed by atoms with Crippen LogP contribution in [0.2, 0.25) is 5.02 Å². The Kier molecular flexibility index (Phi) is 5.07. The first-order valence-electron chi connectivity index (χ1n) is 6.32. The van der Waals surface area contributed by atoms with Gasteiger partial charge in [0.2, 0.25) is 0 Å². The molecule has 0 aliphatic carbocycles. The Morgan fingerprint density at radius 3 is 2.85 bits per heavy atom. The molecule has 0 saturated heterocycles.